The van der Waals surface area contributed by atoms with Crippen molar-refractivity contribution in [3.05, 3.63) is 75.9 Å². The summed E-state index contributed by atoms with van der Waals surface area (Å²) in [5.41, 5.74) is 3.84. The first-order valence-electron chi connectivity index (χ1n) is 13.6. The van der Waals surface area contributed by atoms with Crippen molar-refractivity contribution in [2.75, 3.05) is 42.9 Å². The quantitative estimate of drug-likeness (QED) is 0.415. The molecule has 0 spiro atoms. The van der Waals surface area contributed by atoms with Crippen LogP contribution in [-0.2, 0) is 11.3 Å². The van der Waals surface area contributed by atoms with Gasteiger partial charge in [0.1, 0.15) is 0 Å². The molecule has 4 heterocycles. The van der Waals surface area contributed by atoms with E-state index in [1.54, 1.807) is 29.3 Å². The van der Waals surface area contributed by atoms with Crippen molar-refractivity contribution in [3.8, 4) is 11.1 Å². The number of aromatic nitrogens is 1. The maximum absolute atomic E-state index is 13.4. The number of carbonyl (C=O) groups excluding carboxylic acids is 2. The van der Waals surface area contributed by atoms with Crippen LogP contribution in [0.1, 0.15) is 41.6 Å². The van der Waals surface area contributed by atoms with Crippen molar-refractivity contribution in [2.45, 2.75) is 38.3 Å². The number of fused-ring (bicyclic) bond motifs is 1. The number of amides is 2. The number of halogens is 2. The SMILES string of the molecule is O=C1CNc2ncc(-c3ccc(C(=O)N4CCCC4CN4CCCC4)cc3)cc2N1Cc1c(Cl)cccc1Cl. The average Bonchev–Trinajstić information content (AvgIpc) is 3.64. The molecule has 3 aliphatic heterocycles. The summed E-state index contributed by atoms with van der Waals surface area (Å²) in [7, 11) is 0. The summed E-state index contributed by atoms with van der Waals surface area (Å²) in [6, 6.07) is 15.3. The molecule has 1 unspecified atom stereocenters. The van der Waals surface area contributed by atoms with E-state index in [1.807, 2.05) is 30.3 Å². The molecule has 0 aliphatic carbocycles. The van der Waals surface area contributed by atoms with Crippen molar-refractivity contribution in [3.63, 3.8) is 0 Å². The van der Waals surface area contributed by atoms with Gasteiger partial charge in [0.2, 0.25) is 5.91 Å². The van der Waals surface area contributed by atoms with Crippen LogP contribution in [0.5, 0.6) is 0 Å². The van der Waals surface area contributed by atoms with Gasteiger partial charge in [-0.2, -0.15) is 0 Å². The second-order valence-electron chi connectivity index (χ2n) is 10.5. The zero-order chi connectivity index (χ0) is 26.9. The highest BCUT2D eigenvalue weighted by molar-refractivity contribution is 6.36. The molecule has 0 bridgehead atoms. The fourth-order valence-corrected chi connectivity index (χ4v) is 6.40. The van der Waals surface area contributed by atoms with E-state index in [0.717, 1.165) is 50.1 Å². The van der Waals surface area contributed by atoms with Gasteiger partial charge in [-0.05, 0) is 74.7 Å². The van der Waals surface area contributed by atoms with Crippen LogP contribution in [0.25, 0.3) is 11.1 Å². The van der Waals surface area contributed by atoms with E-state index in [2.05, 4.69) is 20.1 Å². The van der Waals surface area contributed by atoms with E-state index in [9.17, 15) is 9.59 Å². The first-order valence-corrected chi connectivity index (χ1v) is 14.3. The topological polar surface area (TPSA) is 68.8 Å². The molecule has 6 rings (SSSR count). The molecule has 2 fully saturated rings. The van der Waals surface area contributed by atoms with Crippen LogP contribution >= 0.6 is 23.2 Å². The van der Waals surface area contributed by atoms with E-state index in [-0.39, 0.29) is 24.9 Å². The summed E-state index contributed by atoms with van der Waals surface area (Å²) in [6.45, 7) is 4.48. The summed E-state index contributed by atoms with van der Waals surface area (Å²) in [4.78, 5) is 37.1. The molecule has 1 aromatic heterocycles. The molecule has 7 nitrogen and oxygen atoms in total. The Morgan fingerprint density at radius 1 is 0.974 bits per heavy atom. The van der Waals surface area contributed by atoms with Gasteiger partial charge in [0, 0.05) is 52.1 Å². The lowest BCUT2D eigenvalue weighted by Crippen LogP contribution is -2.42. The Morgan fingerprint density at radius 3 is 2.46 bits per heavy atom. The van der Waals surface area contributed by atoms with Crippen LogP contribution < -0.4 is 10.2 Å². The van der Waals surface area contributed by atoms with E-state index in [4.69, 9.17) is 23.2 Å². The maximum Gasteiger partial charge on any atom is 0.254 e. The molecule has 1 atom stereocenters. The predicted molar refractivity (Wildman–Crippen MR) is 156 cm³/mol. The molecule has 3 aromatic rings. The summed E-state index contributed by atoms with van der Waals surface area (Å²) >= 11 is 12.8. The number of hydrogen-bond acceptors (Lipinski definition) is 5. The van der Waals surface area contributed by atoms with Crippen LogP contribution in [0.3, 0.4) is 0 Å². The first kappa shape index (κ1) is 26.1. The molecule has 9 heteroatoms. The number of hydrogen-bond donors (Lipinski definition) is 1. The Balaban J connectivity index is 1.22. The van der Waals surface area contributed by atoms with Gasteiger partial charge in [-0.25, -0.2) is 4.98 Å². The second-order valence-corrected chi connectivity index (χ2v) is 11.3. The number of anilines is 2. The molecular weight excluding hydrogens is 533 g/mol. The Morgan fingerprint density at radius 2 is 1.72 bits per heavy atom. The van der Waals surface area contributed by atoms with E-state index in [1.165, 1.54) is 12.8 Å². The first-order chi connectivity index (χ1) is 19.0. The number of likely N-dealkylation sites (tertiary alicyclic amines) is 2. The lowest BCUT2D eigenvalue weighted by Gasteiger charge is -2.30. The van der Waals surface area contributed by atoms with Gasteiger partial charge in [0.05, 0.1) is 18.8 Å². The molecule has 0 radical (unpaired) electrons. The lowest BCUT2D eigenvalue weighted by molar-refractivity contribution is -0.117. The molecule has 202 valence electrons. The standard InChI is InChI=1S/C30H31Cl2N5O2/c31-25-6-3-7-26(32)24(25)19-37-27-15-22(16-33-29(27)34-17-28(37)38)20-8-10-21(11-9-20)30(39)36-14-4-5-23(36)18-35-12-1-2-13-35/h3,6-11,15-16,23H,1-2,4-5,12-14,17-19H2,(H,33,34). The largest absolute Gasteiger partial charge is 0.359 e. The molecule has 39 heavy (non-hydrogen) atoms. The van der Waals surface area contributed by atoms with Crippen molar-refractivity contribution in [1.29, 1.82) is 0 Å². The van der Waals surface area contributed by atoms with Gasteiger partial charge < -0.3 is 20.0 Å². The van der Waals surface area contributed by atoms with Crippen LogP contribution in [-0.4, -0.2) is 65.4 Å². The minimum Gasteiger partial charge on any atom is -0.359 e. The molecule has 3 aliphatic rings. The summed E-state index contributed by atoms with van der Waals surface area (Å²) < 4.78 is 0. The van der Waals surface area contributed by atoms with Gasteiger partial charge >= 0.3 is 0 Å². The Hall–Kier alpha value is -3.13. The van der Waals surface area contributed by atoms with E-state index >= 15 is 0 Å². The zero-order valence-corrected chi connectivity index (χ0v) is 23.2. The second kappa shape index (κ2) is 11.2. The van der Waals surface area contributed by atoms with Crippen molar-refractivity contribution in [2.24, 2.45) is 0 Å². The summed E-state index contributed by atoms with van der Waals surface area (Å²) in [5, 5.41) is 4.13. The highest BCUT2D eigenvalue weighted by Crippen LogP contribution is 2.35. The fraction of sp³-hybridized carbons (Fsp3) is 0.367. The van der Waals surface area contributed by atoms with Gasteiger partial charge in [0.25, 0.3) is 5.91 Å². The third-order valence-corrected chi connectivity index (χ3v) is 8.72. The fourth-order valence-electron chi connectivity index (χ4n) is 5.88. The number of rotatable bonds is 6. The predicted octanol–water partition coefficient (Wildman–Crippen LogP) is 5.71. The Kier molecular flexibility index (Phi) is 7.47. The summed E-state index contributed by atoms with van der Waals surface area (Å²) in [6.07, 6.45) is 6.44. The third kappa shape index (κ3) is 5.36. The zero-order valence-electron chi connectivity index (χ0n) is 21.7. The van der Waals surface area contributed by atoms with E-state index < -0.39 is 0 Å². The van der Waals surface area contributed by atoms with E-state index in [0.29, 0.717) is 38.7 Å². The average molecular weight is 565 g/mol. The van der Waals surface area contributed by atoms with Crippen LogP contribution in [0.2, 0.25) is 10.0 Å². The Labute approximate surface area is 238 Å². The lowest BCUT2D eigenvalue weighted by atomic mass is 10.0. The van der Waals surface area contributed by atoms with Crippen molar-refractivity contribution in [1.82, 2.24) is 14.8 Å². The van der Waals surface area contributed by atoms with Crippen LogP contribution in [0.4, 0.5) is 11.5 Å². The highest BCUT2D eigenvalue weighted by Gasteiger charge is 2.31. The third-order valence-electron chi connectivity index (χ3n) is 8.02. The number of pyridine rings is 1. The van der Waals surface area contributed by atoms with Crippen molar-refractivity contribution < 1.29 is 9.59 Å². The van der Waals surface area contributed by atoms with Gasteiger partial charge in [0.15, 0.2) is 5.82 Å². The van der Waals surface area contributed by atoms with Gasteiger partial charge in [-0.3, -0.25) is 9.59 Å². The summed E-state index contributed by atoms with van der Waals surface area (Å²) in [5.74, 6) is 0.642. The Bertz CT molecular complexity index is 1370. The van der Waals surface area contributed by atoms with Crippen LogP contribution in [0, 0.1) is 0 Å². The molecule has 2 aromatic carbocycles. The highest BCUT2D eigenvalue weighted by atomic mass is 35.5. The number of benzene rings is 2. The van der Waals surface area contributed by atoms with Crippen LogP contribution in [0.15, 0.2) is 54.7 Å². The normalized spacial score (nSPS) is 19.3. The number of carbonyl (C=O) groups is 2. The minimum atomic E-state index is -0.0903. The number of nitrogens with one attached hydrogen (secondary N) is 1. The molecular formula is C30H31Cl2N5O2. The smallest absolute Gasteiger partial charge is 0.254 e. The monoisotopic (exact) mass is 563 g/mol. The molecule has 2 saturated heterocycles. The molecule has 2 amide bonds. The van der Waals surface area contributed by atoms with Gasteiger partial charge in [-0.1, -0.05) is 41.4 Å². The number of nitrogens with zero attached hydrogens (tertiary/aromatic N) is 4. The van der Waals surface area contributed by atoms with Gasteiger partial charge in [-0.15, -0.1) is 0 Å². The van der Waals surface area contributed by atoms with Crippen molar-refractivity contribution >= 4 is 46.5 Å². The minimum absolute atomic E-state index is 0.0903. The molecule has 1 N–H and O–H groups in total. The molecule has 0 saturated carbocycles. The maximum atomic E-state index is 13.4.